The Bertz CT molecular complexity index is 375. The minimum absolute atomic E-state index is 0.646. The molecule has 4 nitrogen and oxygen atoms in total. The number of carboxylic acids is 1. The fourth-order valence-electron chi connectivity index (χ4n) is 1.94. The standard InChI is InChI=1S/C15H23NO3/c1-3-4-5-6-11-16-14(15(17)18)12-7-9-13(19-2)10-8-12/h7-10,14,16H,3-6,11H2,1-2H3,(H,17,18). The van der Waals surface area contributed by atoms with Gasteiger partial charge in [-0.15, -0.1) is 0 Å². The van der Waals surface area contributed by atoms with Gasteiger partial charge in [0, 0.05) is 0 Å². The molecule has 0 amide bonds. The van der Waals surface area contributed by atoms with Gasteiger partial charge < -0.3 is 15.2 Å². The summed E-state index contributed by atoms with van der Waals surface area (Å²) in [7, 11) is 1.59. The first-order valence-electron chi connectivity index (χ1n) is 6.79. The molecular formula is C15H23NO3. The van der Waals surface area contributed by atoms with Gasteiger partial charge in [0.1, 0.15) is 11.8 Å². The third-order valence-corrected chi connectivity index (χ3v) is 3.07. The molecule has 1 unspecified atom stereocenters. The summed E-state index contributed by atoms with van der Waals surface area (Å²) in [5.41, 5.74) is 0.754. The Balaban J connectivity index is 2.53. The molecule has 0 saturated carbocycles. The molecule has 106 valence electrons. The van der Waals surface area contributed by atoms with Crippen LogP contribution in [0.25, 0.3) is 0 Å². The molecule has 0 radical (unpaired) electrons. The number of hydrogen-bond acceptors (Lipinski definition) is 3. The van der Waals surface area contributed by atoms with Crippen LogP contribution in [0.2, 0.25) is 0 Å². The summed E-state index contributed by atoms with van der Waals surface area (Å²) in [6, 6.07) is 6.49. The number of rotatable bonds is 9. The van der Waals surface area contributed by atoms with E-state index in [1.165, 1.54) is 12.8 Å². The van der Waals surface area contributed by atoms with Crippen LogP contribution < -0.4 is 10.1 Å². The maximum atomic E-state index is 11.3. The van der Waals surface area contributed by atoms with E-state index in [-0.39, 0.29) is 0 Å². The van der Waals surface area contributed by atoms with E-state index >= 15 is 0 Å². The monoisotopic (exact) mass is 265 g/mol. The van der Waals surface area contributed by atoms with Gasteiger partial charge >= 0.3 is 5.97 Å². The van der Waals surface area contributed by atoms with Crippen LogP contribution in [0.3, 0.4) is 0 Å². The molecule has 0 saturated heterocycles. The van der Waals surface area contributed by atoms with E-state index in [9.17, 15) is 9.90 Å². The number of methoxy groups -OCH3 is 1. The van der Waals surface area contributed by atoms with Crippen molar-refractivity contribution in [2.75, 3.05) is 13.7 Å². The number of hydrogen-bond donors (Lipinski definition) is 2. The van der Waals surface area contributed by atoms with Gasteiger partial charge in [-0.2, -0.15) is 0 Å². The first-order valence-corrected chi connectivity index (χ1v) is 6.79. The van der Waals surface area contributed by atoms with Crippen molar-refractivity contribution in [2.45, 2.75) is 38.6 Å². The molecule has 1 rings (SSSR count). The average Bonchev–Trinajstić information content (AvgIpc) is 2.43. The summed E-state index contributed by atoms with van der Waals surface area (Å²) in [5, 5.41) is 12.4. The van der Waals surface area contributed by atoms with Crippen LogP contribution in [0.1, 0.15) is 44.2 Å². The van der Waals surface area contributed by atoms with Crippen molar-refractivity contribution in [1.29, 1.82) is 0 Å². The zero-order valence-electron chi connectivity index (χ0n) is 11.7. The Hall–Kier alpha value is -1.55. The number of ether oxygens (including phenoxy) is 1. The molecule has 0 bridgehead atoms. The molecule has 1 atom stereocenters. The summed E-state index contributed by atoms with van der Waals surface area (Å²) in [6.45, 7) is 2.88. The Morgan fingerprint density at radius 2 is 1.95 bits per heavy atom. The Morgan fingerprint density at radius 3 is 2.47 bits per heavy atom. The quantitative estimate of drug-likeness (QED) is 0.674. The summed E-state index contributed by atoms with van der Waals surface area (Å²) < 4.78 is 5.07. The summed E-state index contributed by atoms with van der Waals surface area (Å²) in [5.74, 6) is -0.114. The Morgan fingerprint density at radius 1 is 1.26 bits per heavy atom. The van der Waals surface area contributed by atoms with Gasteiger partial charge in [0.05, 0.1) is 7.11 Å². The Kier molecular flexibility index (Phi) is 6.97. The summed E-state index contributed by atoms with van der Waals surface area (Å²) in [4.78, 5) is 11.3. The van der Waals surface area contributed by atoms with Crippen molar-refractivity contribution in [3.63, 3.8) is 0 Å². The van der Waals surface area contributed by atoms with Crippen LogP contribution in [0.15, 0.2) is 24.3 Å². The topological polar surface area (TPSA) is 58.6 Å². The van der Waals surface area contributed by atoms with E-state index in [0.29, 0.717) is 0 Å². The SMILES string of the molecule is CCCCCCNC(C(=O)O)c1ccc(OC)cc1. The molecule has 4 heteroatoms. The maximum absolute atomic E-state index is 11.3. The lowest BCUT2D eigenvalue weighted by atomic mass is 10.1. The first kappa shape index (κ1) is 15.5. The molecule has 0 fully saturated rings. The minimum atomic E-state index is -0.847. The number of benzene rings is 1. The predicted molar refractivity (Wildman–Crippen MR) is 75.5 cm³/mol. The average molecular weight is 265 g/mol. The highest BCUT2D eigenvalue weighted by atomic mass is 16.5. The molecule has 0 aliphatic carbocycles. The van der Waals surface area contributed by atoms with E-state index in [0.717, 1.165) is 30.7 Å². The number of nitrogens with one attached hydrogen (secondary N) is 1. The van der Waals surface area contributed by atoms with Crippen molar-refractivity contribution < 1.29 is 14.6 Å². The lowest BCUT2D eigenvalue weighted by molar-refractivity contribution is -0.139. The first-order chi connectivity index (χ1) is 9.19. The van der Waals surface area contributed by atoms with Gasteiger partial charge in [0.2, 0.25) is 0 Å². The van der Waals surface area contributed by atoms with E-state index in [1.807, 2.05) is 0 Å². The van der Waals surface area contributed by atoms with Crippen molar-refractivity contribution in [3.8, 4) is 5.75 Å². The molecule has 0 aliphatic rings. The van der Waals surface area contributed by atoms with Crippen LogP contribution in [-0.4, -0.2) is 24.7 Å². The van der Waals surface area contributed by atoms with Gasteiger partial charge in [0.15, 0.2) is 0 Å². The fraction of sp³-hybridized carbons (Fsp3) is 0.533. The highest BCUT2D eigenvalue weighted by molar-refractivity contribution is 5.75. The zero-order valence-corrected chi connectivity index (χ0v) is 11.7. The van der Waals surface area contributed by atoms with Crippen LogP contribution in [0, 0.1) is 0 Å². The van der Waals surface area contributed by atoms with Crippen molar-refractivity contribution in [3.05, 3.63) is 29.8 Å². The fourth-order valence-corrected chi connectivity index (χ4v) is 1.94. The van der Waals surface area contributed by atoms with Crippen LogP contribution in [-0.2, 0) is 4.79 Å². The van der Waals surface area contributed by atoms with Crippen LogP contribution in [0.5, 0.6) is 5.75 Å². The molecule has 0 heterocycles. The number of aliphatic carboxylic acids is 1. The third-order valence-electron chi connectivity index (χ3n) is 3.07. The van der Waals surface area contributed by atoms with E-state index in [1.54, 1.807) is 31.4 Å². The second kappa shape index (κ2) is 8.53. The molecule has 1 aromatic carbocycles. The summed E-state index contributed by atoms with van der Waals surface area (Å²) in [6.07, 6.45) is 4.52. The van der Waals surface area contributed by atoms with Crippen LogP contribution in [0.4, 0.5) is 0 Å². The lowest BCUT2D eigenvalue weighted by Gasteiger charge is -2.15. The normalized spacial score (nSPS) is 12.1. The smallest absolute Gasteiger partial charge is 0.325 e. The molecule has 2 N–H and O–H groups in total. The molecular weight excluding hydrogens is 242 g/mol. The van der Waals surface area contributed by atoms with Crippen molar-refractivity contribution in [1.82, 2.24) is 5.32 Å². The van der Waals surface area contributed by atoms with E-state index in [4.69, 9.17) is 4.74 Å². The van der Waals surface area contributed by atoms with Crippen LogP contribution >= 0.6 is 0 Å². The lowest BCUT2D eigenvalue weighted by Crippen LogP contribution is -2.29. The van der Waals surface area contributed by atoms with Gasteiger partial charge in [-0.05, 0) is 30.7 Å². The van der Waals surface area contributed by atoms with Gasteiger partial charge in [-0.3, -0.25) is 4.79 Å². The largest absolute Gasteiger partial charge is 0.497 e. The number of carboxylic acid groups (broad SMARTS) is 1. The minimum Gasteiger partial charge on any atom is -0.497 e. The molecule has 19 heavy (non-hydrogen) atoms. The molecule has 0 spiro atoms. The zero-order chi connectivity index (χ0) is 14.1. The third kappa shape index (κ3) is 5.30. The Labute approximate surface area is 114 Å². The van der Waals surface area contributed by atoms with E-state index in [2.05, 4.69) is 12.2 Å². The number of carbonyl (C=O) groups is 1. The van der Waals surface area contributed by atoms with E-state index < -0.39 is 12.0 Å². The highest BCUT2D eigenvalue weighted by Crippen LogP contribution is 2.18. The predicted octanol–water partition coefficient (Wildman–Crippen LogP) is 2.99. The molecule has 1 aromatic rings. The number of unbranched alkanes of at least 4 members (excludes halogenated alkanes) is 3. The highest BCUT2D eigenvalue weighted by Gasteiger charge is 2.18. The summed E-state index contributed by atoms with van der Waals surface area (Å²) >= 11 is 0. The van der Waals surface area contributed by atoms with Crippen molar-refractivity contribution in [2.24, 2.45) is 0 Å². The van der Waals surface area contributed by atoms with Gasteiger partial charge in [-0.25, -0.2) is 0 Å². The van der Waals surface area contributed by atoms with Gasteiger partial charge in [0.25, 0.3) is 0 Å². The second-order valence-corrected chi connectivity index (χ2v) is 4.56. The van der Waals surface area contributed by atoms with Crippen molar-refractivity contribution >= 4 is 5.97 Å². The van der Waals surface area contributed by atoms with Gasteiger partial charge in [-0.1, -0.05) is 38.3 Å². The molecule has 0 aliphatic heterocycles. The molecule has 0 aromatic heterocycles. The second-order valence-electron chi connectivity index (χ2n) is 4.56. The maximum Gasteiger partial charge on any atom is 0.325 e.